The maximum atomic E-state index is 12.7. The van der Waals surface area contributed by atoms with E-state index in [1.54, 1.807) is 35.1 Å². The molecule has 0 saturated carbocycles. The van der Waals surface area contributed by atoms with Crippen LogP contribution in [0.1, 0.15) is 29.8 Å². The largest absolute Gasteiger partial charge is 0.333 e. The van der Waals surface area contributed by atoms with Crippen molar-refractivity contribution in [1.82, 2.24) is 14.7 Å². The number of aromatic nitrogens is 2. The number of likely N-dealkylation sites (tertiary alicyclic amines) is 1. The highest BCUT2D eigenvalue weighted by Gasteiger charge is 2.27. The first-order valence-electron chi connectivity index (χ1n) is 7.62. The Kier molecular flexibility index (Phi) is 4.90. The van der Waals surface area contributed by atoms with Gasteiger partial charge in [-0.3, -0.25) is 4.79 Å². The number of nitrogens with zero attached hydrogens (tertiary/aromatic N) is 3. The third-order valence-corrected chi connectivity index (χ3v) is 4.88. The molecule has 1 amide bonds. The summed E-state index contributed by atoms with van der Waals surface area (Å²) in [5, 5.41) is 5.31. The molecule has 2 aromatic rings. The molecule has 3 rings (SSSR count). The average molecular weight is 353 g/mol. The van der Waals surface area contributed by atoms with E-state index < -0.39 is 0 Å². The van der Waals surface area contributed by atoms with E-state index in [1.165, 1.54) is 0 Å². The van der Waals surface area contributed by atoms with Crippen molar-refractivity contribution in [2.45, 2.75) is 25.3 Å². The molecule has 0 radical (unpaired) electrons. The summed E-state index contributed by atoms with van der Waals surface area (Å²) >= 11 is 12.0. The van der Waals surface area contributed by atoms with E-state index in [0.717, 1.165) is 31.5 Å². The van der Waals surface area contributed by atoms with Crippen LogP contribution in [0.25, 0.3) is 5.69 Å². The maximum absolute atomic E-state index is 12.7. The molecule has 1 aromatic carbocycles. The quantitative estimate of drug-likeness (QED) is 0.922. The number of nitrogens with two attached hydrogens (primary N) is 1. The van der Waals surface area contributed by atoms with Crippen LogP contribution in [0.3, 0.4) is 0 Å². The maximum Gasteiger partial charge on any atom is 0.274 e. The third kappa shape index (κ3) is 3.37. The Bertz CT molecular complexity index is 716. The van der Waals surface area contributed by atoms with E-state index >= 15 is 0 Å². The highest BCUT2D eigenvalue weighted by atomic mass is 35.5. The number of piperidine rings is 1. The minimum atomic E-state index is -0.0704. The van der Waals surface area contributed by atoms with Crippen LogP contribution in [-0.4, -0.2) is 39.7 Å². The molecule has 23 heavy (non-hydrogen) atoms. The zero-order valence-corrected chi connectivity index (χ0v) is 14.1. The Morgan fingerprint density at radius 1 is 1.26 bits per heavy atom. The lowest BCUT2D eigenvalue weighted by Crippen LogP contribution is -2.47. The lowest BCUT2D eigenvalue weighted by Gasteiger charge is -2.34. The fraction of sp³-hybridized carbons (Fsp3) is 0.375. The van der Waals surface area contributed by atoms with Crippen LogP contribution in [0, 0.1) is 0 Å². The highest BCUT2D eigenvalue weighted by Crippen LogP contribution is 2.24. The fourth-order valence-corrected chi connectivity index (χ4v) is 3.16. The molecule has 0 bridgehead atoms. The fourth-order valence-electron chi connectivity index (χ4n) is 2.87. The second-order valence-corrected chi connectivity index (χ2v) is 6.44. The summed E-state index contributed by atoms with van der Waals surface area (Å²) < 4.78 is 1.62. The van der Waals surface area contributed by atoms with Gasteiger partial charge in [0.05, 0.1) is 15.7 Å². The minimum Gasteiger partial charge on any atom is -0.333 e. The van der Waals surface area contributed by atoms with Crippen molar-refractivity contribution in [1.29, 1.82) is 0 Å². The third-order valence-electron chi connectivity index (χ3n) is 4.14. The first-order chi connectivity index (χ1) is 11.1. The van der Waals surface area contributed by atoms with E-state index in [9.17, 15) is 4.79 Å². The van der Waals surface area contributed by atoms with Gasteiger partial charge in [-0.25, -0.2) is 4.68 Å². The highest BCUT2D eigenvalue weighted by molar-refractivity contribution is 6.42. The van der Waals surface area contributed by atoms with Gasteiger partial charge in [0.25, 0.3) is 5.91 Å². The van der Waals surface area contributed by atoms with Crippen LogP contribution >= 0.6 is 23.2 Å². The van der Waals surface area contributed by atoms with Gasteiger partial charge in [-0.1, -0.05) is 23.2 Å². The van der Waals surface area contributed by atoms with E-state index in [0.29, 0.717) is 22.3 Å². The Morgan fingerprint density at radius 2 is 2.09 bits per heavy atom. The summed E-state index contributed by atoms with van der Waals surface area (Å²) in [5.74, 6) is -0.0704. The van der Waals surface area contributed by atoms with E-state index in [-0.39, 0.29) is 11.9 Å². The van der Waals surface area contributed by atoms with Crippen LogP contribution in [0.4, 0.5) is 0 Å². The first kappa shape index (κ1) is 16.3. The number of hydrogen-bond acceptors (Lipinski definition) is 3. The number of hydrogen-bond donors (Lipinski definition) is 1. The SMILES string of the molecule is NCC1CCCCN1C(=O)c1ccn(-c2ccc(Cl)c(Cl)c2)n1. The van der Waals surface area contributed by atoms with Crippen molar-refractivity contribution in [2.75, 3.05) is 13.1 Å². The molecule has 2 N–H and O–H groups in total. The zero-order valence-electron chi connectivity index (χ0n) is 12.6. The molecule has 0 spiro atoms. The molecule has 2 heterocycles. The molecule has 1 aliphatic rings. The Hall–Kier alpha value is -1.56. The normalized spacial score (nSPS) is 18.2. The van der Waals surface area contributed by atoms with Gasteiger partial charge in [0.1, 0.15) is 0 Å². The van der Waals surface area contributed by atoms with Crippen molar-refractivity contribution >= 4 is 29.1 Å². The summed E-state index contributed by atoms with van der Waals surface area (Å²) in [4.78, 5) is 14.5. The molecule has 1 aliphatic heterocycles. The molecular weight excluding hydrogens is 335 g/mol. The second kappa shape index (κ2) is 6.91. The van der Waals surface area contributed by atoms with Crippen LogP contribution in [0.2, 0.25) is 10.0 Å². The topological polar surface area (TPSA) is 64.2 Å². The lowest BCUT2D eigenvalue weighted by molar-refractivity contribution is 0.0617. The van der Waals surface area contributed by atoms with E-state index in [4.69, 9.17) is 28.9 Å². The zero-order chi connectivity index (χ0) is 16.4. The number of benzene rings is 1. The summed E-state index contributed by atoms with van der Waals surface area (Å²) in [7, 11) is 0. The van der Waals surface area contributed by atoms with Gasteiger partial charge >= 0.3 is 0 Å². The molecule has 5 nitrogen and oxygen atoms in total. The van der Waals surface area contributed by atoms with Crippen molar-refractivity contribution in [3.05, 3.63) is 46.2 Å². The molecule has 1 fully saturated rings. The van der Waals surface area contributed by atoms with E-state index in [1.807, 2.05) is 4.90 Å². The van der Waals surface area contributed by atoms with Crippen LogP contribution in [0.5, 0.6) is 0 Å². The molecule has 7 heteroatoms. The minimum absolute atomic E-state index is 0.0704. The van der Waals surface area contributed by atoms with Gasteiger partial charge in [0.2, 0.25) is 0 Å². The first-order valence-corrected chi connectivity index (χ1v) is 8.38. The van der Waals surface area contributed by atoms with E-state index in [2.05, 4.69) is 5.10 Å². The van der Waals surface area contributed by atoms with Crippen molar-refractivity contribution in [3.63, 3.8) is 0 Å². The Morgan fingerprint density at radius 3 is 2.83 bits per heavy atom. The Labute approximate surface area is 145 Å². The van der Waals surface area contributed by atoms with Gasteiger partial charge in [0, 0.05) is 25.3 Å². The summed E-state index contributed by atoms with van der Waals surface area (Å²) in [6.45, 7) is 1.22. The molecule has 1 unspecified atom stereocenters. The van der Waals surface area contributed by atoms with Gasteiger partial charge in [0.15, 0.2) is 5.69 Å². The Balaban J connectivity index is 1.83. The predicted octanol–water partition coefficient (Wildman–Crippen LogP) is 3.13. The second-order valence-electron chi connectivity index (χ2n) is 5.63. The smallest absolute Gasteiger partial charge is 0.274 e. The molecular formula is C16H18Cl2N4O. The number of rotatable bonds is 3. The van der Waals surface area contributed by atoms with Gasteiger partial charge in [-0.15, -0.1) is 0 Å². The van der Waals surface area contributed by atoms with Crippen molar-refractivity contribution < 1.29 is 4.79 Å². The van der Waals surface area contributed by atoms with Crippen LogP contribution < -0.4 is 5.73 Å². The molecule has 122 valence electrons. The van der Waals surface area contributed by atoms with Crippen LogP contribution in [-0.2, 0) is 0 Å². The van der Waals surface area contributed by atoms with Gasteiger partial charge in [-0.2, -0.15) is 5.10 Å². The van der Waals surface area contributed by atoms with Crippen LogP contribution in [0.15, 0.2) is 30.5 Å². The number of halogens is 2. The molecule has 1 atom stereocenters. The number of carbonyl (C=O) groups excluding carboxylic acids is 1. The average Bonchev–Trinajstić information content (AvgIpc) is 3.06. The monoisotopic (exact) mass is 352 g/mol. The van der Waals surface area contributed by atoms with Gasteiger partial charge in [-0.05, 0) is 43.5 Å². The van der Waals surface area contributed by atoms with Gasteiger partial charge < -0.3 is 10.6 Å². The molecule has 0 aliphatic carbocycles. The molecule has 1 saturated heterocycles. The summed E-state index contributed by atoms with van der Waals surface area (Å²) in [6.07, 6.45) is 4.82. The standard InChI is InChI=1S/C16H18Cl2N4O/c17-13-5-4-11(9-14(13)18)22-8-6-15(20-22)16(23)21-7-2-1-3-12(21)10-19/h4-6,8-9,12H,1-3,7,10,19H2. The van der Waals surface area contributed by atoms with Crippen molar-refractivity contribution in [2.24, 2.45) is 5.73 Å². The summed E-state index contributed by atoms with van der Waals surface area (Å²) in [5.41, 5.74) is 6.96. The summed E-state index contributed by atoms with van der Waals surface area (Å²) in [6, 6.07) is 7.05. The van der Waals surface area contributed by atoms with Crippen molar-refractivity contribution in [3.8, 4) is 5.69 Å². The number of carbonyl (C=O) groups is 1. The lowest BCUT2D eigenvalue weighted by atomic mass is 10.0. The predicted molar refractivity (Wildman–Crippen MR) is 91.3 cm³/mol. The number of amides is 1. The molecule has 1 aromatic heterocycles.